The highest BCUT2D eigenvalue weighted by Crippen LogP contribution is 2.28. The molecule has 1 heterocycles. The van der Waals surface area contributed by atoms with E-state index in [4.69, 9.17) is 4.74 Å². The number of nitrogens with one attached hydrogen (secondary N) is 2. The van der Waals surface area contributed by atoms with Crippen molar-refractivity contribution in [2.75, 3.05) is 64.4 Å². The van der Waals surface area contributed by atoms with Gasteiger partial charge in [0.15, 0.2) is 5.96 Å². The van der Waals surface area contributed by atoms with Crippen molar-refractivity contribution in [3.8, 4) is 0 Å². The molecule has 0 atom stereocenters. The van der Waals surface area contributed by atoms with Crippen LogP contribution in [0.1, 0.15) is 19.3 Å². The first-order valence-electron chi connectivity index (χ1n) is 10.4. The topological polar surface area (TPSA) is 69.2 Å². The molecule has 1 aliphatic carbocycles. The van der Waals surface area contributed by atoms with E-state index < -0.39 is 0 Å². The molecule has 154 valence electrons. The van der Waals surface area contributed by atoms with Crippen LogP contribution < -0.4 is 15.5 Å². The number of nitrogens with zero attached hydrogens (tertiary/aromatic N) is 3. The summed E-state index contributed by atoms with van der Waals surface area (Å²) in [5, 5.41) is 6.36. The van der Waals surface area contributed by atoms with E-state index in [0.29, 0.717) is 5.96 Å². The van der Waals surface area contributed by atoms with Gasteiger partial charge in [-0.2, -0.15) is 0 Å². The average Bonchev–Trinajstić information content (AvgIpc) is 3.57. The molecule has 1 aromatic carbocycles. The standard InChI is InChI=1S/C21H33N5O2/c1-22-21(23-10-5-15-28-17-18-8-9-18)24-16-20(27)26-13-11-25(12-14-26)19-6-3-2-4-7-19/h2-4,6-7,18H,5,8-17H2,1H3,(H2,22,23,24). The van der Waals surface area contributed by atoms with Gasteiger partial charge in [0.05, 0.1) is 6.54 Å². The fraction of sp³-hybridized carbons (Fsp3) is 0.619. The Balaban J connectivity index is 1.28. The van der Waals surface area contributed by atoms with Crippen LogP contribution in [-0.2, 0) is 9.53 Å². The third-order valence-corrected chi connectivity index (χ3v) is 5.19. The monoisotopic (exact) mass is 387 g/mol. The summed E-state index contributed by atoms with van der Waals surface area (Å²) in [6.07, 6.45) is 3.58. The minimum absolute atomic E-state index is 0.114. The van der Waals surface area contributed by atoms with Gasteiger partial charge in [0, 0.05) is 58.7 Å². The zero-order valence-corrected chi connectivity index (χ0v) is 16.9. The van der Waals surface area contributed by atoms with Crippen molar-refractivity contribution in [1.29, 1.82) is 0 Å². The van der Waals surface area contributed by atoms with E-state index >= 15 is 0 Å². The van der Waals surface area contributed by atoms with Crippen LogP contribution in [0.25, 0.3) is 0 Å². The van der Waals surface area contributed by atoms with E-state index in [9.17, 15) is 4.79 Å². The number of amides is 1. The van der Waals surface area contributed by atoms with Gasteiger partial charge in [0.1, 0.15) is 0 Å². The summed E-state index contributed by atoms with van der Waals surface area (Å²) in [6, 6.07) is 10.4. The van der Waals surface area contributed by atoms with Gasteiger partial charge >= 0.3 is 0 Å². The number of carbonyl (C=O) groups excluding carboxylic acids is 1. The van der Waals surface area contributed by atoms with Crippen LogP contribution in [0.2, 0.25) is 0 Å². The SMILES string of the molecule is CN=C(NCCCOCC1CC1)NCC(=O)N1CCN(c2ccccc2)CC1. The highest BCUT2D eigenvalue weighted by atomic mass is 16.5. The molecule has 1 saturated carbocycles. The van der Waals surface area contributed by atoms with Crippen molar-refractivity contribution in [1.82, 2.24) is 15.5 Å². The first-order chi connectivity index (χ1) is 13.8. The quantitative estimate of drug-likeness (QED) is 0.380. The largest absolute Gasteiger partial charge is 0.381 e. The highest BCUT2D eigenvalue weighted by Gasteiger charge is 2.21. The zero-order chi connectivity index (χ0) is 19.6. The number of guanidine groups is 1. The van der Waals surface area contributed by atoms with E-state index in [1.807, 2.05) is 11.0 Å². The van der Waals surface area contributed by atoms with Gasteiger partial charge in [-0.25, -0.2) is 0 Å². The van der Waals surface area contributed by atoms with Crippen molar-refractivity contribution >= 4 is 17.6 Å². The van der Waals surface area contributed by atoms with E-state index in [0.717, 1.165) is 58.3 Å². The van der Waals surface area contributed by atoms with Crippen molar-refractivity contribution in [3.63, 3.8) is 0 Å². The number of ether oxygens (including phenoxy) is 1. The lowest BCUT2D eigenvalue weighted by Gasteiger charge is -2.36. The molecule has 1 aromatic rings. The minimum atomic E-state index is 0.114. The molecular weight excluding hydrogens is 354 g/mol. The number of hydrogen-bond donors (Lipinski definition) is 2. The van der Waals surface area contributed by atoms with Crippen LogP contribution in [0.3, 0.4) is 0 Å². The molecule has 0 unspecified atom stereocenters. The van der Waals surface area contributed by atoms with Crippen molar-refractivity contribution in [2.45, 2.75) is 19.3 Å². The molecule has 2 fully saturated rings. The summed E-state index contributed by atoms with van der Waals surface area (Å²) in [5.41, 5.74) is 1.22. The van der Waals surface area contributed by atoms with Crippen LogP contribution in [0, 0.1) is 5.92 Å². The molecule has 7 heteroatoms. The number of hydrogen-bond acceptors (Lipinski definition) is 4. The summed E-state index contributed by atoms with van der Waals surface area (Å²) in [4.78, 5) is 20.9. The summed E-state index contributed by atoms with van der Waals surface area (Å²) in [5.74, 6) is 1.59. The lowest BCUT2D eigenvalue weighted by Crippen LogP contribution is -2.52. The third-order valence-electron chi connectivity index (χ3n) is 5.19. The Morgan fingerprint density at radius 1 is 1.14 bits per heavy atom. The highest BCUT2D eigenvalue weighted by molar-refractivity contribution is 5.86. The first kappa shape index (κ1) is 20.5. The van der Waals surface area contributed by atoms with E-state index in [1.54, 1.807) is 7.05 Å². The molecule has 1 saturated heterocycles. The van der Waals surface area contributed by atoms with Crippen LogP contribution in [0.5, 0.6) is 0 Å². The Morgan fingerprint density at radius 2 is 1.89 bits per heavy atom. The van der Waals surface area contributed by atoms with E-state index in [1.165, 1.54) is 18.5 Å². The Kier molecular flexibility index (Phi) is 7.96. The van der Waals surface area contributed by atoms with Gasteiger partial charge in [0.25, 0.3) is 0 Å². The summed E-state index contributed by atoms with van der Waals surface area (Å²) >= 11 is 0. The molecule has 2 aliphatic rings. The molecule has 7 nitrogen and oxygen atoms in total. The normalized spacial score (nSPS) is 17.5. The summed E-state index contributed by atoms with van der Waals surface area (Å²) in [6.45, 7) is 5.95. The minimum Gasteiger partial charge on any atom is -0.381 e. The van der Waals surface area contributed by atoms with Gasteiger partial charge in [-0.1, -0.05) is 18.2 Å². The second kappa shape index (κ2) is 10.9. The maximum Gasteiger partial charge on any atom is 0.242 e. The smallest absolute Gasteiger partial charge is 0.242 e. The number of anilines is 1. The van der Waals surface area contributed by atoms with E-state index in [-0.39, 0.29) is 12.5 Å². The number of carbonyl (C=O) groups is 1. The van der Waals surface area contributed by atoms with Crippen molar-refractivity contribution in [3.05, 3.63) is 30.3 Å². The summed E-state index contributed by atoms with van der Waals surface area (Å²) < 4.78 is 5.63. The predicted octanol–water partition coefficient (Wildman–Crippen LogP) is 1.32. The van der Waals surface area contributed by atoms with Gasteiger partial charge in [-0.05, 0) is 37.3 Å². The molecule has 2 N–H and O–H groups in total. The van der Waals surface area contributed by atoms with Crippen LogP contribution in [0.15, 0.2) is 35.3 Å². The van der Waals surface area contributed by atoms with Gasteiger partial charge in [-0.15, -0.1) is 0 Å². The van der Waals surface area contributed by atoms with E-state index in [2.05, 4.69) is 44.8 Å². The number of para-hydroxylation sites is 1. The number of rotatable bonds is 9. The average molecular weight is 388 g/mol. The summed E-state index contributed by atoms with van der Waals surface area (Å²) in [7, 11) is 1.72. The molecule has 1 aliphatic heterocycles. The molecule has 0 bridgehead atoms. The van der Waals surface area contributed by atoms with Gasteiger partial charge < -0.3 is 25.2 Å². The second-order valence-corrected chi connectivity index (χ2v) is 7.43. The number of piperazine rings is 1. The Hall–Kier alpha value is -2.28. The molecular formula is C21H33N5O2. The van der Waals surface area contributed by atoms with Crippen molar-refractivity contribution < 1.29 is 9.53 Å². The van der Waals surface area contributed by atoms with Crippen LogP contribution in [0.4, 0.5) is 5.69 Å². The Labute approximate surface area is 168 Å². The number of benzene rings is 1. The third kappa shape index (κ3) is 6.71. The fourth-order valence-electron chi connectivity index (χ4n) is 3.26. The Morgan fingerprint density at radius 3 is 2.57 bits per heavy atom. The molecule has 0 radical (unpaired) electrons. The lowest BCUT2D eigenvalue weighted by atomic mass is 10.2. The van der Waals surface area contributed by atoms with Crippen LogP contribution >= 0.6 is 0 Å². The fourth-order valence-corrected chi connectivity index (χ4v) is 3.26. The van der Waals surface area contributed by atoms with Gasteiger partial charge in [0.2, 0.25) is 5.91 Å². The molecule has 0 aromatic heterocycles. The maximum absolute atomic E-state index is 12.5. The predicted molar refractivity (Wildman–Crippen MR) is 113 cm³/mol. The maximum atomic E-state index is 12.5. The van der Waals surface area contributed by atoms with Gasteiger partial charge in [-0.3, -0.25) is 9.79 Å². The molecule has 1 amide bonds. The Bertz CT molecular complexity index is 625. The zero-order valence-electron chi connectivity index (χ0n) is 16.9. The number of aliphatic imine (C=N–C) groups is 1. The second-order valence-electron chi connectivity index (χ2n) is 7.43. The molecule has 0 spiro atoms. The first-order valence-corrected chi connectivity index (χ1v) is 10.4. The lowest BCUT2D eigenvalue weighted by molar-refractivity contribution is -0.130. The van der Waals surface area contributed by atoms with Crippen molar-refractivity contribution in [2.24, 2.45) is 10.9 Å². The molecule has 28 heavy (non-hydrogen) atoms. The molecule has 3 rings (SSSR count). The van der Waals surface area contributed by atoms with Crippen LogP contribution in [-0.4, -0.2) is 76.3 Å².